The number of fused-ring (bicyclic) bond motifs is 1. The average Bonchev–Trinajstić information content (AvgIpc) is 2.99. The Morgan fingerprint density at radius 1 is 1.26 bits per heavy atom. The first-order chi connectivity index (χ1) is 11.1. The molecule has 0 saturated carbocycles. The van der Waals surface area contributed by atoms with E-state index in [4.69, 9.17) is 16.3 Å². The summed E-state index contributed by atoms with van der Waals surface area (Å²) in [7, 11) is 1.55. The van der Waals surface area contributed by atoms with Gasteiger partial charge in [-0.1, -0.05) is 22.9 Å². The summed E-state index contributed by atoms with van der Waals surface area (Å²) in [4.78, 5) is 16.3. The number of carbonyl (C=O) groups is 1. The van der Waals surface area contributed by atoms with Gasteiger partial charge in [0.15, 0.2) is 0 Å². The quantitative estimate of drug-likeness (QED) is 0.701. The van der Waals surface area contributed by atoms with Crippen LogP contribution in [0, 0.1) is 5.82 Å². The van der Waals surface area contributed by atoms with Crippen molar-refractivity contribution in [3.05, 3.63) is 52.8 Å². The van der Waals surface area contributed by atoms with Crippen LogP contribution in [0.4, 0.5) is 9.52 Å². The molecule has 0 spiro atoms. The van der Waals surface area contributed by atoms with Gasteiger partial charge in [0.2, 0.25) is 5.13 Å². The number of anilines is 1. The molecule has 2 N–H and O–H groups in total. The van der Waals surface area contributed by atoms with Gasteiger partial charge in [-0.05, 0) is 36.4 Å². The minimum Gasteiger partial charge on any atom is -0.494 e. The number of nitrogens with one attached hydrogen (secondary N) is 2. The second-order valence-electron chi connectivity index (χ2n) is 4.53. The molecule has 0 bridgehead atoms. The first-order valence-electron chi connectivity index (χ1n) is 6.53. The zero-order valence-electron chi connectivity index (χ0n) is 11.9. The van der Waals surface area contributed by atoms with Crippen molar-refractivity contribution in [1.29, 1.82) is 0 Å². The van der Waals surface area contributed by atoms with Crippen molar-refractivity contribution in [3.63, 3.8) is 0 Å². The topological polar surface area (TPSA) is 63.2 Å². The van der Waals surface area contributed by atoms with Crippen LogP contribution in [-0.2, 0) is 0 Å². The van der Waals surface area contributed by atoms with E-state index in [1.807, 2.05) is 0 Å². The molecule has 0 aliphatic rings. The molecule has 0 unspecified atom stereocenters. The predicted octanol–water partition coefficient (Wildman–Crippen LogP) is 3.85. The molecule has 0 aliphatic carbocycles. The largest absolute Gasteiger partial charge is 0.494 e. The molecule has 23 heavy (non-hydrogen) atoms. The van der Waals surface area contributed by atoms with E-state index in [9.17, 15) is 9.18 Å². The smallest absolute Gasteiger partial charge is 0.269 e. The minimum absolute atomic E-state index is 0.329. The van der Waals surface area contributed by atoms with Crippen molar-refractivity contribution in [1.82, 2.24) is 10.4 Å². The van der Waals surface area contributed by atoms with E-state index in [1.54, 1.807) is 19.2 Å². The standard InChI is InChI=1S/C15H11ClFN3O2S/c1-22-11-7-6-10(16)13-12(11)18-15(23-13)20-19-14(21)8-2-4-9(17)5-3-8/h2-7H,1H3,(H,18,20)(H,19,21). The van der Waals surface area contributed by atoms with Crippen molar-refractivity contribution in [3.8, 4) is 5.75 Å². The number of nitrogens with zero attached hydrogens (tertiary/aromatic N) is 1. The van der Waals surface area contributed by atoms with Crippen molar-refractivity contribution >= 4 is 44.2 Å². The van der Waals surface area contributed by atoms with Gasteiger partial charge in [0, 0.05) is 5.56 Å². The molecule has 1 heterocycles. The molecule has 2 aromatic carbocycles. The van der Waals surface area contributed by atoms with Crippen LogP contribution in [0.3, 0.4) is 0 Å². The van der Waals surface area contributed by atoms with Crippen LogP contribution in [0.15, 0.2) is 36.4 Å². The second kappa shape index (κ2) is 6.39. The molecule has 5 nitrogen and oxygen atoms in total. The number of rotatable bonds is 4. The molecule has 0 saturated heterocycles. The Morgan fingerprint density at radius 3 is 2.70 bits per heavy atom. The van der Waals surface area contributed by atoms with Crippen molar-refractivity contribution in [2.24, 2.45) is 0 Å². The maximum Gasteiger partial charge on any atom is 0.269 e. The number of amides is 1. The van der Waals surface area contributed by atoms with E-state index in [0.717, 1.165) is 4.70 Å². The van der Waals surface area contributed by atoms with E-state index >= 15 is 0 Å². The lowest BCUT2D eigenvalue weighted by Crippen LogP contribution is -2.29. The van der Waals surface area contributed by atoms with Gasteiger partial charge >= 0.3 is 0 Å². The fourth-order valence-electron chi connectivity index (χ4n) is 1.95. The Bertz CT molecular complexity index is 867. The highest BCUT2D eigenvalue weighted by Gasteiger charge is 2.13. The highest BCUT2D eigenvalue weighted by atomic mass is 35.5. The summed E-state index contributed by atoms with van der Waals surface area (Å²) in [5.74, 6) is -0.205. The molecule has 8 heteroatoms. The minimum atomic E-state index is -0.401. The Labute approximate surface area is 140 Å². The molecule has 1 amide bonds. The van der Waals surface area contributed by atoms with Gasteiger partial charge in [0.1, 0.15) is 17.1 Å². The Morgan fingerprint density at radius 2 is 2.00 bits per heavy atom. The number of ether oxygens (including phenoxy) is 1. The molecule has 0 fully saturated rings. The summed E-state index contributed by atoms with van der Waals surface area (Å²) in [6.07, 6.45) is 0. The van der Waals surface area contributed by atoms with Crippen LogP contribution in [0.25, 0.3) is 10.2 Å². The van der Waals surface area contributed by atoms with Gasteiger partial charge in [0.05, 0.1) is 16.8 Å². The van der Waals surface area contributed by atoms with Crippen LogP contribution in [0.5, 0.6) is 5.75 Å². The Hall–Kier alpha value is -2.38. The number of thiazole rings is 1. The number of hydrogen-bond donors (Lipinski definition) is 2. The summed E-state index contributed by atoms with van der Waals surface area (Å²) in [5, 5.41) is 1.01. The predicted molar refractivity (Wildman–Crippen MR) is 88.7 cm³/mol. The number of carbonyl (C=O) groups excluding carboxylic acids is 1. The molecule has 0 radical (unpaired) electrons. The van der Waals surface area contributed by atoms with Gasteiger partial charge in [-0.25, -0.2) is 9.37 Å². The van der Waals surface area contributed by atoms with Crippen LogP contribution < -0.4 is 15.6 Å². The van der Waals surface area contributed by atoms with Crippen molar-refractivity contribution in [2.45, 2.75) is 0 Å². The number of hydrogen-bond acceptors (Lipinski definition) is 5. The third-order valence-corrected chi connectivity index (χ3v) is 4.50. The molecule has 118 valence electrons. The zero-order valence-corrected chi connectivity index (χ0v) is 13.5. The molecular weight excluding hydrogens is 341 g/mol. The molecule has 3 aromatic rings. The number of methoxy groups -OCH3 is 1. The zero-order chi connectivity index (χ0) is 16.4. The molecule has 0 atom stereocenters. The van der Waals surface area contributed by atoms with E-state index in [2.05, 4.69) is 15.8 Å². The monoisotopic (exact) mass is 351 g/mol. The lowest BCUT2D eigenvalue weighted by Gasteiger charge is -2.05. The third kappa shape index (κ3) is 3.20. The maximum atomic E-state index is 12.8. The average molecular weight is 352 g/mol. The van der Waals surface area contributed by atoms with Gasteiger partial charge in [0.25, 0.3) is 5.91 Å². The highest BCUT2D eigenvalue weighted by Crippen LogP contribution is 2.37. The van der Waals surface area contributed by atoms with Crippen molar-refractivity contribution in [2.75, 3.05) is 12.5 Å². The van der Waals surface area contributed by atoms with Crippen LogP contribution in [-0.4, -0.2) is 18.0 Å². The van der Waals surface area contributed by atoms with Gasteiger partial charge in [-0.3, -0.25) is 15.6 Å². The van der Waals surface area contributed by atoms with Crippen LogP contribution in [0.1, 0.15) is 10.4 Å². The summed E-state index contributed by atoms with van der Waals surface area (Å²) in [5.41, 5.74) is 6.17. The van der Waals surface area contributed by atoms with Gasteiger partial charge in [-0.15, -0.1) is 0 Å². The molecule has 1 aromatic heterocycles. The Kier molecular flexibility index (Phi) is 4.31. The summed E-state index contributed by atoms with van der Waals surface area (Å²) in [6.45, 7) is 0. The third-order valence-electron chi connectivity index (χ3n) is 3.07. The van der Waals surface area contributed by atoms with E-state index in [0.29, 0.717) is 27.0 Å². The lowest BCUT2D eigenvalue weighted by atomic mass is 10.2. The van der Waals surface area contributed by atoms with Gasteiger partial charge < -0.3 is 4.74 Å². The Balaban J connectivity index is 1.78. The first kappa shape index (κ1) is 15.5. The van der Waals surface area contributed by atoms with E-state index in [1.165, 1.54) is 35.6 Å². The molecular formula is C15H11ClFN3O2S. The van der Waals surface area contributed by atoms with E-state index in [-0.39, 0.29) is 0 Å². The second-order valence-corrected chi connectivity index (χ2v) is 5.94. The van der Waals surface area contributed by atoms with Crippen LogP contribution >= 0.6 is 22.9 Å². The fourth-order valence-corrected chi connectivity index (χ4v) is 3.06. The summed E-state index contributed by atoms with van der Waals surface area (Å²) in [6, 6.07) is 8.68. The normalized spacial score (nSPS) is 10.6. The lowest BCUT2D eigenvalue weighted by molar-refractivity contribution is 0.0962. The number of halogens is 2. The molecule has 0 aliphatic heterocycles. The number of aromatic nitrogens is 1. The van der Waals surface area contributed by atoms with Gasteiger partial charge in [-0.2, -0.15) is 0 Å². The van der Waals surface area contributed by atoms with Crippen molar-refractivity contribution < 1.29 is 13.9 Å². The molecule has 3 rings (SSSR count). The fraction of sp³-hybridized carbons (Fsp3) is 0.0667. The summed E-state index contributed by atoms with van der Waals surface area (Å²) >= 11 is 7.42. The number of hydrazine groups is 1. The van der Waals surface area contributed by atoms with Crippen LogP contribution in [0.2, 0.25) is 5.02 Å². The number of benzene rings is 2. The summed E-state index contributed by atoms with van der Waals surface area (Å²) < 4.78 is 18.8. The highest BCUT2D eigenvalue weighted by molar-refractivity contribution is 7.22. The maximum absolute atomic E-state index is 12.8. The SMILES string of the molecule is COc1ccc(Cl)c2sc(NNC(=O)c3ccc(F)cc3)nc12. The van der Waals surface area contributed by atoms with E-state index < -0.39 is 11.7 Å². The first-order valence-corrected chi connectivity index (χ1v) is 7.73.